The maximum atomic E-state index is 6.49. The van der Waals surface area contributed by atoms with Gasteiger partial charge < -0.3 is 9.32 Å². The van der Waals surface area contributed by atoms with Crippen molar-refractivity contribution < 1.29 is 4.42 Å². The van der Waals surface area contributed by atoms with Gasteiger partial charge in [0.25, 0.3) is 0 Å². The lowest BCUT2D eigenvalue weighted by atomic mass is 10.0. The molecule has 0 N–H and O–H groups in total. The summed E-state index contributed by atoms with van der Waals surface area (Å²) in [5.74, 6) is 0. The van der Waals surface area contributed by atoms with E-state index in [9.17, 15) is 0 Å². The third-order valence-electron chi connectivity index (χ3n) is 8.20. The first-order valence-electron chi connectivity index (χ1n) is 13.9. The summed E-state index contributed by atoms with van der Waals surface area (Å²) in [5.41, 5.74) is 5.15. The van der Waals surface area contributed by atoms with E-state index in [1.54, 1.807) is 0 Å². The van der Waals surface area contributed by atoms with Crippen molar-refractivity contribution in [2.24, 2.45) is 0 Å². The molecule has 0 fully saturated rings. The van der Waals surface area contributed by atoms with Crippen LogP contribution in [0.5, 0.6) is 0 Å². The van der Waals surface area contributed by atoms with E-state index in [0.717, 1.165) is 33.6 Å². The van der Waals surface area contributed by atoms with Crippen molar-refractivity contribution in [3.05, 3.63) is 140 Å². The minimum atomic E-state index is 0.892. The zero-order valence-electron chi connectivity index (χ0n) is 22.0. The lowest BCUT2D eigenvalue weighted by molar-refractivity contribution is 0.669. The third-order valence-corrected chi connectivity index (χ3v) is 9.32. The van der Waals surface area contributed by atoms with E-state index in [2.05, 4.69) is 144 Å². The van der Waals surface area contributed by atoms with Gasteiger partial charge in [0.05, 0.1) is 5.69 Å². The second kappa shape index (κ2) is 8.69. The molecule has 9 rings (SSSR count). The van der Waals surface area contributed by atoms with Crippen LogP contribution in [-0.2, 0) is 0 Å². The van der Waals surface area contributed by atoms with Gasteiger partial charge in [-0.05, 0) is 76.1 Å². The maximum Gasteiger partial charge on any atom is 0.137 e. The van der Waals surface area contributed by atoms with Gasteiger partial charge in [0, 0.05) is 48.4 Å². The van der Waals surface area contributed by atoms with Crippen molar-refractivity contribution in [1.29, 1.82) is 0 Å². The quantitative estimate of drug-likeness (QED) is 0.221. The smallest absolute Gasteiger partial charge is 0.137 e. The Bertz CT molecular complexity index is 2430. The summed E-state index contributed by atoms with van der Waals surface area (Å²) in [7, 11) is 0. The van der Waals surface area contributed by atoms with Gasteiger partial charge in [-0.3, -0.25) is 0 Å². The Morgan fingerprint density at radius 3 is 2.10 bits per heavy atom. The number of benzene rings is 7. The van der Waals surface area contributed by atoms with E-state index in [0.29, 0.717) is 0 Å². The summed E-state index contributed by atoms with van der Waals surface area (Å²) >= 11 is 1.86. The van der Waals surface area contributed by atoms with Crippen LogP contribution in [0.1, 0.15) is 0 Å². The molecule has 3 heteroatoms. The van der Waals surface area contributed by atoms with Gasteiger partial charge in [-0.25, -0.2) is 0 Å². The number of fused-ring (bicyclic) bond motifs is 9. The van der Waals surface area contributed by atoms with E-state index in [-0.39, 0.29) is 0 Å². The highest BCUT2D eigenvalue weighted by atomic mass is 32.1. The van der Waals surface area contributed by atoms with Crippen LogP contribution < -0.4 is 4.90 Å². The SMILES string of the molecule is c1ccc(N(c2ccc3c(c2)oc2ccc4ccccc4c23)c2cccc3sc4cc5ccccc5cc4c23)cc1. The molecule has 7 aromatic carbocycles. The molecule has 2 aromatic heterocycles. The molecule has 0 spiro atoms. The van der Waals surface area contributed by atoms with Crippen molar-refractivity contribution in [3.8, 4) is 0 Å². The van der Waals surface area contributed by atoms with E-state index >= 15 is 0 Å². The average molecular weight is 542 g/mol. The molecular weight excluding hydrogens is 518 g/mol. The lowest BCUT2D eigenvalue weighted by Crippen LogP contribution is -2.10. The van der Waals surface area contributed by atoms with E-state index in [1.807, 2.05) is 11.3 Å². The predicted molar refractivity (Wildman–Crippen MR) is 176 cm³/mol. The average Bonchev–Trinajstić information content (AvgIpc) is 3.58. The topological polar surface area (TPSA) is 16.4 Å². The number of para-hydroxylation sites is 1. The first kappa shape index (κ1) is 22.7. The zero-order chi connectivity index (χ0) is 26.9. The third kappa shape index (κ3) is 3.43. The Kier molecular flexibility index (Phi) is 4.80. The molecule has 0 bridgehead atoms. The summed E-state index contributed by atoms with van der Waals surface area (Å²) in [6, 6.07) is 50.0. The Balaban J connectivity index is 1.32. The Morgan fingerprint density at radius 1 is 0.439 bits per heavy atom. The number of anilines is 3. The minimum Gasteiger partial charge on any atom is -0.456 e. The van der Waals surface area contributed by atoms with E-state index in [1.165, 1.54) is 47.1 Å². The number of furan rings is 1. The van der Waals surface area contributed by atoms with Crippen LogP contribution in [0.3, 0.4) is 0 Å². The Morgan fingerprint density at radius 2 is 1.22 bits per heavy atom. The fourth-order valence-electron chi connectivity index (χ4n) is 6.36. The highest BCUT2D eigenvalue weighted by Crippen LogP contribution is 2.46. The monoisotopic (exact) mass is 541 g/mol. The van der Waals surface area contributed by atoms with Gasteiger partial charge in [-0.2, -0.15) is 0 Å². The van der Waals surface area contributed by atoms with Crippen molar-refractivity contribution in [2.45, 2.75) is 0 Å². The van der Waals surface area contributed by atoms with Gasteiger partial charge in [0.2, 0.25) is 0 Å². The Hall–Kier alpha value is -5.12. The molecule has 0 saturated heterocycles. The summed E-state index contributed by atoms with van der Waals surface area (Å²) in [4.78, 5) is 2.37. The second-order valence-corrected chi connectivity index (χ2v) is 11.6. The largest absolute Gasteiger partial charge is 0.456 e. The van der Waals surface area contributed by atoms with Gasteiger partial charge in [0.1, 0.15) is 11.2 Å². The molecule has 0 aliphatic heterocycles. The Labute approximate surface area is 240 Å². The summed E-state index contributed by atoms with van der Waals surface area (Å²) in [6.07, 6.45) is 0. The van der Waals surface area contributed by atoms with Crippen LogP contribution in [0.15, 0.2) is 144 Å². The molecule has 0 aliphatic carbocycles. The predicted octanol–water partition coefficient (Wildman–Crippen LogP) is 11.7. The zero-order valence-corrected chi connectivity index (χ0v) is 22.9. The lowest BCUT2D eigenvalue weighted by Gasteiger charge is -2.26. The molecular formula is C38H23NOS. The molecule has 41 heavy (non-hydrogen) atoms. The summed E-state index contributed by atoms with van der Waals surface area (Å²) in [6.45, 7) is 0. The van der Waals surface area contributed by atoms with Gasteiger partial charge in [-0.15, -0.1) is 11.3 Å². The first-order chi connectivity index (χ1) is 20.3. The fourth-order valence-corrected chi connectivity index (χ4v) is 7.51. The van der Waals surface area contributed by atoms with Gasteiger partial charge >= 0.3 is 0 Å². The summed E-state index contributed by atoms with van der Waals surface area (Å²) < 4.78 is 9.08. The normalized spacial score (nSPS) is 11.9. The molecule has 0 saturated carbocycles. The van der Waals surface area contributed by atoms with Crippen molar-refractivity contribution in [2.75, 3.05) is 4.90 Å². The highest BCUT2D eigenvalue weighted by Gasteiger charge is 2.20. The van der Waals surface area contributed by atoms with Crippen LogP contribution in [0, 0.1) is 0 Å². The van der Waals surface area contributed by atoms with Crippen molar-refractivity contribution in [3.63, 3.8) is 0 Å². The fraction of sp³-hybridized carbons (Fsp3) is 0. The van der Waals surface area contributed by atoms with Crippen LogP contribution in [0.2, 0.25) is 0 Å². The standard InChI is InChI=1S/C38H23NOS/c1-2-12-27(13-3-1)39(28-18-19-30-34(23-28)40-33-20-17-24-9-6-7-14-29(24)37(30)33)32-15-8-16-35-38(32)31-21-25-10-4-5-11-26(25)22-36(31)41-35/h1-23H. The molecule has 192 valence electrons. The van der Waals surface area contributed by atoms with Gasteiger partial charge in [0.15, 0.2) is 0 Å². The molecule has 0 radical (unpaired) electrons. The number of rotatable bonds is 3. The van der Waals surface area contributed by atoms with Gasteiger partial charge in [-0.1, -0.05) is 78.9 Å². The maximum absolute atomic E-state index is 6.49. The van der Waals surface area contributed by atoms with E-state index in [4.69, 9.17) is 4.42 Å². The molecule has 0 aliphatic rings. The van der Waals surface area contributed by atoms with Crippen LogP contribution >= 0.6 is 11.3 Å². The van der Waals surface area contributed by atoms with Crippen molar-refractivity contribution in [1.82, 2.24) is 0 Å². The number of hydrogen-bond acceptors (Lipinski definition) is 3. The number of hydrogen-bond donors (Lipinski definition) is 0. The minimum absolute atomic E-state index is 0.892. The number of nitrogens with zero attached hydrogens (tertiary/aromatic N) is 1. The van der Waals surface area contributed by atoms with Crippen LogP contribution in [0.25, 0.3) is 63.7 Å². The van der Waals surface area contributed by atoms with Crippen LogP contribution in [0.4, 0.5) is 17.1 Å². The first-order valence-corrected chi connectivity index (χ1v) is 14.7. The van der Waals surface area contributed by atoms with Crippen molar-refractivity contribution >= 4 is 92.1 Å². The molecule has 0 amide bonds. The second-order valence-electron chi connectivity index (χ2n) is 10.6. The highest BCUT2D eigenvalue weighted by molar-refractivity contribution is 7.26. The molecule has 2 heterocycles. The molecule has 0 atom stereocenters. The van der Waals surface area contributed by atoms with E-state index < -0.39 is 0 Å². The molecule has 9 aromatic rings. The summed E-state index contributed by atoms with van der Waals surface area (Å²) in [5, 5.41) is 9.86. The number of thiophene rings is 1. The van der Waals surface area contributed by atoms with Crippen LogP contribution in [-0.4, -0.2) is 0 Å². The molecule has 2 nitrogen and oxygen atoms in total. The molecule has 0 unspecified atom stereocenters.